The van der Waals surface area contributed by atoms with Gasteiger partial charge < -0.3 is 19.5 Å². The summed E-state index contributed by atoms with van der Waals surface area (Å²) in [5.41, 5.74) is 3.50. The van der Waals surface area contributed by atoms with Crippen LogP contribution in [0.3, 0.4) is 0 Å². The Hall–Kier alpha value is -2.08. The minimum absolute atomic E-state index is 0.756. The molecular formula is C15H21N5O. The van der Waals surface area contributed by atoms with Crippen LogP contribution in [-0.2, 0) is 19.5 Å². The molecule has 0 saturated heterocycles. The minimum atomic E-state index is 0.756. The van der Waals surface area contributed by atoms with E-state index in [9.17, 15) is 0 Å². The highest BCUT2D eigenvalue weighted by molar-refractivity contribution is 5.53. The van der Waals surface area contributed by atoms with E-state index in [1.54, 1.807) is 12.5 Å². The molecule has 0 amide bonds. The molecule has 3 rings (SSSR count). The van der Waals surface area contributed by atoms with Crippen molar-refractivity contribution in [2.75, 3.05) is 37.5 Å². The van der Waals surface area contributed by atoms with E-state index < -0.39 is 0 Å². The maximum Gasteiger partial charge on any atom is 0.227 e. The maximum atomic E-state index is 5.15. The molecule has 6 nitrogen and oxygen atoms in total. The highest BCUT2D eigenvalue weighted by Crippen LogP contribution is 2.26. The summed E-state index contributed by atoms with van der Waals surface area (Å²) in [5.74, 6) is 1.78. The van der Waals surface area contributed by atoms with Gasteiger partial charge in [0, 0.05) is 45.4 Å². The molecule has 1 N–H and O–H groups in total. The first kappa shape index (κ1) is 13.9. The average Bonchev–Trinajstić information content (AvgIpc) is 2.98. The van der Waals surface area contributed by atoms with Gasteiger partial charge in [0.25, 0.3) is 0 Å². The zero-order valence-electron chi connectivity index (χ0n) is 12.8. The number of rotatable bonds is 4. The summed E-state index contributed by atoms with van der Waals surface area (Å²) < 4.78 is 5.15. The summed E-state index contributed by atoms with van der Waals surface area (Å²) in [5, 5.41) is 3.38. The fourth-order valence-electron chi connectivity index (χ4n) is 2.57. The van der Waals surface area contributed by atoms with E-state index in [0.717, 1.165) is 49.1 Å². The summed E-state index contributed by atoms with van der Waals surface area (Å²) in [6, 6.07) is 1.98. The first-order valence-corrected chi connectivity index (χ1v) is 7.15. The second kappa shape index (κ2) is 5.73. The number of nitrogens with one attached hydrogen (secondary N) is 1. The second-order valence-electron chi connectivity index (χ2n) is 5.58. The van der Waals surface area contributed by atoms with Crippen LogP contribution in [0.25, 0.3) is 0 Å². The molecule has 2 aromatic heterocycles. The summed E-state index contributed by atoms with van der Waals surface area (Å²) in [7, 11) is 6.01. The van der Waals surface area contributed by atoms with Gasteiger partial charge in [0.1, 0.15) is 5.82 Å². The van der Waals surface area contributed by atoms with Gasteiger partial charge in [-0.2, -0.15) is 4.98 Å². The molecule has 3 heterocycles. The number of aromatic nitrogens is 2. The van der Waals surface area contributed by atoms with Crippen LogP contribution in [0.1, 0.15) is 16.8 Å². The van der Waals surface area contributed by atoms with E-state index in [1.165, 1.54) is 5.56 Å². The smallest absolute Gasteiger partial charge is 0.227 e. The summed E-state index contributed by atoms with van der Waals surface area (Å²) in [6.45, 7) is 2.57. The number of nitrogens with zero attached hydrogens (tertiary/aromatic N) is 4. The molecule has 0 unspecified atom stereocenters. The Kier molecular flexibility index (Phi) is 3.79. The van der Waals surface area contributed by atoms with Crippen LogP contribution in [0.2, 0.25) is 0 Å². The van der Waals surface area contributed by atoms with Crippen molar-refractivity contribution in [1.82, 2.24) is 15.3 Å². The standard InChI is InChI=1S/C15H21N5O/c1-19(2)15-17-13-8-16-6-4-12(13)14(18-15)20(3)9-11-5-7-21-10-11/h5,7,10,16H,4,6,8-9H2,1-3H3. The van der Waals surface area contributed by atoms with Gasteiger partial charge in [-0.05, 0) is 19.0 Å². The number of fused-ring (bicyclic) bond motifs is 1. The Morgan fingerprint density at radius 2 is 2.14 bits per heavy atom. The maximum absolute atomic E-state index is 5.15. The zero-order valence-corrected chi connectivity index (χ0v) is 12.8. The lowest BCUT2D eigenvalue weighted by Crippen LogP contribution is -2.30. The van der Waals surface area contributed by atoms with E-state index in [0.29, 0.717) is 0 Å². The third-order valence-corrected chi connectivity index (χ3v) is 3.66. The van der Waals surface area contributed by atoms with E-state index in [2.05, 4.69) is 22.2 Å². The molecule has 1 aliphatic rings. The Labute approximate surface area is 124 Å². The Morgan fingerprint density at radius 1 is 1.29 bits per heavy atom. The lowest BCUT2D eigenvalue weighted by molar-refractivity contribution is 0.563. The summed E-state index contributed by atoms with van der Waals surface area (Å²) in [4.78, 5) is 13.5. The topological polar surface area (TPSA) is 57.4 Å². The zero-order chi connectivity index (χ0) is 14.8. The first-order chi connectivity index (χ1) is 10.1. The van der Waals surface area contributed by atoms with Gasteiger partial charge in [-0.25, -0.2) is 4.98 Å². The van der Waals surface area contributed by atoms with Gasteiger partial charge in [-0.1, -0.05) is 0 Å². The van der Waals surface area contributed by atoms with Crippen LogP contribution in [0.4, 0.5) is 11.8 Å². The van der Waals surface area contributed by atoms with Crippen molar-refractivity contribution >= 4 is 11.8 Å². The summed E-state index contributed by atoms with van der Waals surface area (Å²) in [6.07, 6.45) is 4.44. The van der Waals surface area contributed by atoms with Gasteiger partial charge in [0.05, 0.1) is 18.2 Å². The lowest BCUT2D eigenvalue weighted by Gasteiger charge is -2.26. The van der Waals surface area contributed by atoms with Crippen LogP contribution in [-0.4, -0.2) is 37.7 Å². The first-order valence-electron chi connectivity index (χ1n) is 7.15. The molecule has 0 spiro atoms. The van der Waals surface area contributed by atoms with Crippen LogP contribution in [0.15, 0.2) is 23.0 Å². The molecule has 21 heavy (non-hydrogen) atoms. The molecule has 0 aliphatic carbocycles. The fourth-order valence-corrected chi connectivity index (χ4v) is 2.57. The van der Waals surface area contributed by atoms with E-state index in [1.807, 2.05) is 25.1 Å². The SMILES string of the molecule is CN(C)c1nc2c(c(N(C)Cc3ccoc3)n1)CCNC2. The van der Waals surface area contributed by atoms with Gasteiger partial charge in [0.2, 0.25) is 5.95 Å². The highest BCUT2D eigenvalue weighted by Gasteiger charge is 2.20. The molecule has 0 atom stereocenters. The highest BCUT2D eigenvalue weighted by atomic mass is 16.3. The van der Waals surface area contributed by atoms with Gasteiger partial charge in [0.15, 0.2) is 0 Å². The molecule has 0 fully saturated rings. The van der Waals surface area contributed by atoms with Crippen molar-refractivity contribution in [1.29, 1.82) is 0 Å². The van der Waals surface area contributed by atoms with Crippen molar-refractivity contribution in [3.05, 3.63) is 35.4 Å². The Bertz CT molecular complexity index is 609. The van der Waals surface area contributed by atoms with Crippen molar-refractivity contribution in [3.63, 3.8) is 0 Å². The lowest BCUT2D eigenvalue weighted by atomic mass is 10.1. The van der Waals surface area contributed by atoms with Crippen molar-refractivity contribution < 1.29 is 4.42 Å². The predicted molar refractivity (Wildman–Crippen MR) is 82.6 cm³/mol. The molecule has 0 bridgehead atoms. The molecule has 0 radical (unpaired) electrons. The number of hydrogen-bond donors (Lipinski definition) is 1. The monoisotopic (exact) mass is 287 g/mol. The Morgan fingerprint density at radius 3 is 2.86 bits per heavy atom. The summed E-state index contributed by atoms with van der Waals surface area (Å²) >= 11 is 0. The van der Waals surface area contributed by atoms with Crippen LogP contribution >= 0.6 is 0 Å². The molecule has 6 heteroatoms. The van der Waals surface area contributed by atoms with Gasteiger partial charge in [-0.3, -0.25) is 0 Å². The molecule has 2 aromatic rings. The largest absolute Gasteiger partial charge is 0.472 e. The van der Waals surface area contributed by atoms with Crippen molar-refractivity contribution in [2.24, 2.45) is 0 Å². The molecule has 1 aliphatic heterocycles. The molecule has 0 aromatic carbocycles. The van der Waals surface area contributed by atoms with E-state index >= 15 is 0 Å². The normalized spacial score (nSPS) is 13.9. The minimum Gasteiger partial charge on any atom is -0.472 e. The second-order valence-corrected chi connectivity index (χ2v) is 5.58. The van der Waals surface area contributed by atoms with Gasteiger partial charge >= 0.3 is 0 Å². The Balaban J connectivity index is 1.97. The predicted octanol–water partition coefficient (Wildman–Crippen LogP) is 1.42. The fraction of sp³-hybridized carbons (Fsp3) is 0.467. The number of anilines is 2. The molecule has 0 saturated carbocycles. The quantitative estimate of drug-likeness (QED) is 0.918. The van der Waals surface area contributed by atoms with Crippen LogP contribution in [0, 0.1) is 0 Å². The third kappa shape index (κ3) is 2.85. The van der Waals surface area contributed by atoms with E-state index in [4.69, 9.17) is 9.40 Å². The third-order valence-electron chi connectivity index (χ3n) is 3.66. The number of hydrogen-bond acceptors (Lipinski definition) is 6. The average molecular weight is 287 g/mol. The van der Waals surface area contributed by atoms with E-state index in [-0.39, 0.29) is 0 Å². The van der Waals surface area contributed by atoms with Gasteiger partial charge in [-0.15, -0.1) is 0 Å². The van der Waals surface area contributed by atoms with Crippen LogP contribution < -0.4 is 15.1 Å². The van der Waals surface area contributed by atoms with Crippen molar-refractivity contribution in [2.45, 2.75) is 19.5 Å². The molecule has 112 valence electrons. The molecular weight excluding hydrogens is 266 g/mol. The van der Waals surface area contributed by atoms with Crippen molar-refractivity contribution in [3.8, 4) is 0 Å². The number of furan rings is 1. The van der Waals surface area contributed by atoms with Crippen LogP contribution in [0.5, 0.6) is 0 Å².